The highest BCUT2D eigenvalue weighted by atomic mass is 16.5. The highest BCUT2D eigenvalue weighted by Gasteiger charge is 2.17. The first-order valence-electron chi connectivity index (χ1n) is 12.2. The molecule has 3 aromatic rings. The van der Waals surface area contributed by atoms with Gasteiger partial charge < -0.3 is 19.9 Å². The number of aromatic nitrogens is 1. The van der Waals surface area contributed by atoms with Gasteiger partial charge in [0.05, 0.1) is 30.0 Å². The van der Waals surface area contributed by atoms with Gasteiger partial charge >= 0.3 is 0 Å². The number of benzene rings is 2. The number of nitrogens with one attached hydrogen (secondary N) is 1. The molecule has 178 valence electrons. The highest BCUT2D eigenvalue weighted by molar-refractivity contribution is 6.07. The van der Waals surface area contributed by atoms with E-state index < -0.39 is 0 Å². The van der Waals surface area contributed by atoms with Gasteiger partial charge in [-0.3, -0.25) is 9.69 Å². The maximum Gasteiger partial charge on any atom is 0.252 e. The molecule has 7 nitrogen and oxygen atoms in total. The Labute approximate surface area is 201 Å². The van der Waals surface area contributed by atoms with E-state index in [1.165, 1.54) is 5.69 Å². The summed E-state index contributed by atoms with van der Waals surface area (Å²) >= 11 is 0. The summed E-state index contributed by atoms with van der Waals surface area (Å²) in [7, 11) is 2.17. The maximum absolute atomic E-state index is 13.2. The van der Waals surface area contributed by atoms with E-state index in [4.69, 9.17) is 9.72 Å². The van der Waals surface area contributed by atoms with Crippen LogP contribution in [0.25, 0.3) is 22.2 Å². The van der Waals surface area contributed by atoms with Crippen LogP contribution in [-0.4, -0.2) is 93.3 Å². The average Bonchev–Trinajstić information content (AvgIpc) is 2.89. The number of morpholine rings is 1. The van der Waals surface area contributed by atoms with Crippen LogP contribution < -0.4 is 10.2 Å². The minimum Gasteiger partial charge on any atom is -0.379 e. The summed E-state index contributed by atoms with van der Waals surface area (Å²) in [6, 6.07) is 18.4. The molecule has 2 fully saturated rings. The summed E-state index contributed by atoms with van der Waals surface area (Å²) in [5.74, 6) is -0.0535. The molecule has 0 atom stereocenters. The van der Waals surface area contributed by atoms with Crippen molar-refractivity contribution in [1.82, 2.24) is 20.1 Å². The first kappa shape index (κ1) is 22.8. The normalized spacial score (nSPS) is 17.7. The Morgan fingerprint density at radius 3 is 2.47 bits per heavy atom. The molecule has 2 aliphatic heterocycles. The monoisotopic (exact) mass is 459 g/mol. The third kappa shape index (κ3) is 5.22. The lowest BCUT2D eigenvalue weighted by molar-refractivity contribution is 0.0383. The van der Waals surface area contributed by atoms with Crippen molar-refractivity contribution in [2.75, 3.05) is 77.5 Å². The molecule has 2 aliphatic rings. The lowest BCUT2D eigenvalue weighted by Gasteiger charge is -2.34. The van der Waals surface area contributed by atoms with Gasteiger partial charge in [-0.1, -0.05) is 30.3 Å². The Morgan fingerprint density at radius 1 is 0.971 bits per heavy atom. The maximum atomic E-state index is 13.2. The molecule has 0 saturated carbocycles. The number of ether oxygens (including phenoxy) is 1. The Hall–Kier alpha value is -3.00. The zero-order valence-corrected chi connectivity index (χ0v) is 19.9. The lowest BCUT2D eigenvalue weighted by atomic mass is 10.0. The van der Waals surface area contributed by atoms with Gasteiger partial charge in [-0.2, -0.15) is 0 Å². The highest BCUT2D eigenvalue weighted by Crippen LogP contribution is 2.27. The SMILES string of the molecule is CN1CCN(c2ccc(-c3cc(C(=O)NCCN4CCOCC4)c4ccccc4n3)cc2)CC1. The average molecular weight is 460 g/mol. The van der Waals surface area contributed by atoms with Crippen molar-refractivity contribution < 1.29 is 9.53 Å². The molecule has 7 heteroatoms. The summed E-state index contributed by atoms with van der Waals surface area (Å²) < 4.78 is 5.41. The number of nitrogens with zero attached hydrogens (tertiary/aromatic N) is 4. The van der Waals surface area contributed by atoms with Crippen LogP contribution in [0.4, 0.5) is 5.69 Å². The van der Waals surface area contributed by atoms with Crippen molar-refractivity contribution in [1.29, 1.82) is 0 Å². The Bertz CT molecular complexity index is 1120. The predicted molar refractivity (Wildman–Crippen MR) is 136 cm³/mol. The Balaban J connectivity index is 1.34. The summed E-state index contributed by atoms with van der Waals surface area (Å²) in [6.45, 7) is 9.06. The predicted octanol–water partition coefficient (Wildman–Crippen LogP) is 2.72. The fourth-order valence-electron chi connectivity index (χ4n) is 4.67. The number of pyridine rings is 1. The molecule has 2 aromatic carbocycles. The Kier molecular flexibility index (Phi) is 7.04. The molecule has 0 aliphatic carbocycles. The number of carbonyl (C=O) groups excluding carboxylic acids is 1. The zero-order chi connectivity index (χ0) is 23.3. The number of likely N-dealkylation sites (N-methyl/N-ethyl adjacent to an activating group) is 1. The number of hydrogen-bond donors (Lipinski definition) is 1. The van der Waals surface area contributed by atoms with E-state index in [1.807, 2.05) is 30.3 Å². The van der Waals surface area contributed by atoms with Crippen LogP contribution in [0, 0.1) is 0 Å². The number of piperazine rings is 1. The molecular formula is C27H33N5O2. The number of carbonyl (C=O) groups is 1. The lowest BCUT2D eigenvalue weighted by Crippen LogP contribution is -2.44. The molecule has 5 rings (SSSR count). The minimum atomic E-state index is -0.0535. The number of anilines is 1. The van der Waals surface area contributed by atoms with Crippen LogP contribution in [0.1, 0.15) is 10.4 Å². The molecule has 0 unspecified atom stereocenters. The van der Waals surface area contributed by atoms with Crippen molar-refractivity contribution in [2.45, 2.75) is 0 Å². The molecule has 2 saturated heterocycles. The molecule has 0 spiro atoms. The molecular weight excluding hydrogens is 426 g/mol. The van der Waals surface area contributed by atoms with Crippen LogP contribution >= 0.6 is 0 Å². The van der Waals surface area contributed by atoms with E-state index in [-0.39, 0.29) is 5.91 Å². The molecule has 3 heterocycles. The number of amides is 1. The van der Waals surface area contributed by atoms with Crippen molar-refractivity contribution in [2.24, 2.45) is 0 Å². The van der Waals surface area contributed by atoms with Crippen molar-refractivity contribution in [3.05, 3.63) is 60.2 Å². The van der Waals surface area contributed by atoms with E-state index in [2.05, 4.69) is 51.3 Å². The molecule has 34 heavy (non-hydrogen) atoms. The van der Waals surface area contributed by atoms with Gasteiger partial charge in [0.15, 0.2) is 0 Å². The summed E-state index contributed by atoms with van der Waals surface area (Å²) in [4.78, 5) is 25.2. The molecule has 1 amide bonds. The van der Waals surface area contributed by atoms with Crippen LogP contribution in [0.15, 0.2) is 54.6 Å². The number of fused-ring (bicyclic) bond motifs is 1. The van der Waals surface area contributed by atoms with Crippen LogP contribution in [-0.2, 0) is 4.74 Å². The second kappa shape index (κ2) is 10.5. The van der Waals surface area contributed by atoms with Crippen molar-refractivity contribution >= 4 is 22.5 Å². The standard InChI is InChI=1S/C27H33N5O2/c1-30-12-14-32(15-13-30)22-8-6-21(7-9-22)26-20-24(23-4-2-3-5-25(23)29-26)27(33)28-10-11-31-16-18-34-19-17-31/h2-9,20H,10-19H2,1H3,(H,28,33). The van der Waals surface area contributed by atoms with E-state index in [0.29, 0.717) is 12.1 Å². The van der Waals surface area contributed by atoms with Gasteiger partial charge in [0.2, 0.25) is 0 Å². The number of rotatable bonds is 6. The van der Waals surface area contributed by atoms with Crippen LogP contribution in [0.2, 0.25) is 0 Å². The van der Waals surface area contributed by atoms with Crippen LogP contribution in [0.5, 0.6) is 0 Å². The first-order valence-corrected chi connectivity index (χ1v) is 12.2. The Morgan fingerprint density at radius 2 is 1.71 bits per heavy atom. The van der Waals surface area contributed by atoms with Crippen LogP contribution in [0.3, 0.4) is 0 Å². The third-order valence-electron chi connectivity index (χ3n) is 6.81. The topological polar surface area (TPSA) is 60.9 Å². The van der Waals surface area contributed by atoms with E-state index >= 15 is 0 Å². The van der Waals surface area contributed by atoms with Gasteiger partial charge in [-0.05, 0) is 31.3 Å². The van der Waals surface area contributed by atoms with Gasteiger partial charge in [-0.15, -0.1) is 0 Å². The fraction of sp³-hybridized carbons (Fsp3) is 0.407. The number of para-hydroxylation sites is 1. The summed E-state index contributed by atoms with van der Waals surface area (Å²) in [5, 5.41) is 3.99. The number of hydrogen-bond acceptors (Lipinski definition) is 6. The third-order valence-corrected chi connectivity index (χ3v) is 6.81. The fourth-order valence-corrected chi connectivity index (χ4v) is 4.67. The van der Waals surface area contributed by atoms with Gasteiger partial charge in [0.1, 0.15) is 0 Å². The summed E-state index contributed by atoms with van der Waals surface area (Å²) in [6.07, 6.45) is 0. The molecule has 1 N–H and O–H groups in total. The van der Waals surface area contributed by atoms with Gasteiger partial charge in [0, 0.05) is 69.0 Å². The quantitative estimate of drug-likeness (QED) is 0.612. The van der Waals surface area contributed by atoms with E-state index in [0.717, 1.165) is 81.2 Å². The van der Waals surface area contributed by atoms with E-state index in [9.17, 15) is 4.79 Å². The van der Waals surface area contributed by atoms with Crippen molar-refractivity contribution in [3.8, 4) is 11.3 Å². The zero-order valence-electron chi connectivity index (χ0n) is 19.9. The minimum absolute atomic E-state index is 0.0535. The van der Waals surface area contributed by atoms with Gasteiger partial charge in [-0.25, -0.2) is 4.98 Å². The van der Waals surface area contributed by atoms with Crippen molar-refractivity contribution in [3.63, 3.8) is 0 Å². The molecule has 0 bridgehead atoms. The van der Waals surface area contributed by atoms with Gasteiger partial charge in [0.25, 0.3) is 5.91 Å². The second-order valence-electron chi connectivity index (χ2n) is 9.12. The second-order valence-corrected chi connectivity index (χ2v) is 9.12. The largest absolute Gasteiger partial charge is 0.379 e. The van der Waals surface area contributed by atoms with E-state index in [1.54, 1.807) is 0 Å². The summed E-state index contributed by atoms with van der Waals surface area (Å²) in [5.41, 5.74) is 4.58. The smallest absolute Gasteiger partial charge is 0.252 e. The molecule has 1 aromatic heterocycles. The molecule has 0 radical (unpaired) electrons. The first-order chi connectivity index (χ1) is 16.7.